The predicted molar refractivity (Wildman–Crippen MR) is 77.9 cm³/mol. The van der Waals surface area contributed by atoms with Crippen molar-refractivity contribution < 1.29 is 8.78 Å². The average molecular weight is 268 g/mol. The molecule has 0 spiro atoms. The van der Waals surface area contributed by atoms with E-state index in [0.717, 1.165) is 16.3 Å². The third-order valence-corrected chi connectivity index (χ3v) is 3.46. The minimum Gasteiger partial charge on any atom is -0.242 e. The Hall–Kier alpha value is -2.22. The Labute approximate surface area is 116 Å². The molecule has 0 heterocycles. The van der Waals surface area contributed by atoms with E-state index in [1.54, 1.807) is 12.1 Å². The van der Waals surface area contributed by atoms with Crippen LogP contribution in [-0.2, 0) is 6.42 Å². The van der Waals surface area contributed by atoms with E-state index in [1.165, 1.54) is 12.1 Å². The lowest BCUT2D eigenvalue weighted by atomic mass is 9.99. The van der Waals surface area contributed by atoms with Gasteiger partial charge in [0.15, 0.2) is 0 Å². The van der Waals surface area contributed by atoms with Crippen molar-refractivity contribution in [3.63, 3.8) is 0 Å². The number of rotatable bonds is 3. The van der Waals surface area contributed by atoms with Gasteiger partial charge in [-0.1, -0.05) is 48.5 Å². The molecule has 0 amide bonds. The molecule has 3 aromatic rings. The van der Waals surface area contributed by atoms with Gasteiger partial charge in [-0.15, -0.1) is 0 Å². The van der Waals surface area contributed by atoms with Crippen LogP contribution in [0.25, 0.3) is 10.8 Å². The summed E-state index contributed by atoms with van der Waals surface area (Å²) < 4.78 is 27.2. The number of benzene rings is 3. The van der Waals surface area contributed by atoms with Crippen LogP contribution in [0.1, 0.15) is 17.3 Å². The summed E-state index contributed by atoms with van der Waals surface area (Å²) in [4.78, 5) is 0. The Balaban J connectivity index is 1.84. The lowest BCUT2D eigenvalue weighted by Gasteiger charge is -2.10. The van der Waals surface area contributed by atoms with Gasteiger partial charge in [0, 0.05) is 6.42 Å². The molecule has 1 atom stereocenters. The summed E-state index contributed by atoms with van der Waals surface area (Å²) in [6, 6.07) is 19.5. The van der Waals surface area contributed by atoms with E-state index in [1.807, 2.05) is 42.5 Å². The summed E-state index contributed by atoms with van der Waals surface area (Å²) in [5, 5.41) is 2.14. The first kappa shape index (κ1) is 12.8. The van der Waals surface area contributed by atoms with Crippen LogP contribution in [0, 0.1) is 5.82 Å². The van der Waals surface area contributed by atoms with Crippen LogP contribution < -0.4 is 0 Å². The molecule has 3 rings (SSSR count). The zero-order valence-corrected chi connectivity index (χ0v) is 10.9. The molecule has 0 fully saturated rings. The van der Waals surface area contributed by atoms with Gasteiger partial charge < -0.3 is 0 Å². The van der Waals surface area contributed by atoms with Crippen molar-refractivity contribution in [2.24, 2.45) is 0 Å². The van der Waals surface area contributed by atoms with Crippen LogP contribution in [0.4, 0.5) is 8.78 Å². The molecular weight excluding hydrogens is 254 g/mol. The SMILES string of the molecule is Fc1ccc(CC(F)c2ccc3ccccc3c2)cc1. The standard InChI is InChI=1S/C18H14F2/c19-17-9-5-13(6-10-17)11-18(20)16-8-7-14-3-1-2-4-15(14)12-16/h1-10,12,18H,11H2. The summed E-state index contributed by atoms with van der Waals surface area (Å²) in [5.74, 6) is -0.296. The van der Waals surface area contributed by atoms with E-state index >= 15 is 0 Å². The van der Waals surface area contributed by atoms with Gasteiger partial charge >= 0.3 is 0 Å². The smallest absolute Gasteiger partial charge is 0.129 e. The summed E-state index contributed by atoms with van der Waals surface area (Å²) in [6.45, 7) is 0. The minimum atomic E-state index is -1.08. The van der Waals surface area contributed by atoms with Crippen molar-refractivity contribution in [2.75, 3.05) is 0 Å². The average Bonchev–Trinajstić information content (AvgIpc) is 2.49. The maximum Gasteiger partial charge on any atom is 0.129 e. The highest BCUT2D eigenvalue weighted by atomic mass is 19.1. The van der Waals surface area contributed by atoms with E-state index in [9.17, 15) is 8.78 Å². The van der Waals surface area contributed by atoms with Crippen molar-refractivity contribution in [1.29, 1.82) is 0 Å². The molecule has 100 valence electrons. The van der Waals surface area contributed by atoms with Crippen molar-refractivity contribution in [3.05, 3.63) is 83.7 Å². The first-order valence-electron chi connectivity index (χ1n) is 6.59. The summed E-state index contributed by atoms with van der Waals surface area (Å²) in [5.41, 5.74) is 1.46. The maximum absolute atomic E-state index is 14.4. The minimum absolute atomic E-state index is 0.263. The lowest BCUT2D eigenvalue weighted by Crippen LogP contribution is -1.97. The fourth-order valence-electron chi connectivity index (χ4n) is 2.35. The Morgan fingerprint density at radius 2 is 1.50 bits per heavy atom. The van der Waals surface area contributed by atoms with Crippen molar-refractivity contribution in [1.82, 2.24) is 0 Å². The fourth-order valence-corrected chi connectivity index (χ4v) is 2.35. The van der Waals surface area contributed by atoms with Crippen LogP contribution in [0.15, 0.2) is 66.7 Å². The Bertz CT molecular complexity index is 717. The number of fused-ring (bicyclic) bond motifs is 1. The molecule has 0 aliphatic carbocycles. The molecule has 0 saturated heterocycles. The van der Waals surface area contributed by atoms with Crippen molar-refractivity contribution in [2.45, 2.75) is 12.6 Å². The predicted octanol–water partition coefficient (Wildman–Crippen LogP) is 5.23. The zero-order valence-electron chi connectivity index (χ0n) is 10.9. The van der Waals surface area contributed by atoms with Crippen LogP contribution >= 0.6 is 0 Å². The number of alkyl halides is 1. The molecule has 0 aliphatic heterocycles. The Morgan fingerprint density at radius 3 is 2.25 bits per heavy atom. The molecule has 0 radical (unpaired) electrons. The van der Waals surface area contributed by atoms with Gasteiger partial charge in [-0.3, -0.25) is 0 Å². The summed E-state index contributed by atoms with van der Waals surface area (Å²) in [7, 11) is 0. The number of halogens is 2. The van der Waals surface area contributed by atoms with Crippen LogP contribution in [-0.4, -0.2) is 0 Å². The topological polar surface area (TPSA) is 0 Å². The van der Waals surface area contributed by atoms with Gasteiger partial charge in [-0.25, -0.2) is 8.78 Å². The monoisotopic (exact) mass is 268 g/mol. The first-order valence-corrected chi connectivity index (χ1v) is 6.59. The molecule has 0 bridgehead atoms. The van der Waals surface area contributed by atoms with Crippen molar-refractivity contribution in [3.8, 4) is 0 Å². The number of hydrogen-bond donors (Lipinski definition) is 0. The van der Waals surface area contributed by atoms with Crippen LogP contribution in [0.2, 0.25) is 0 Å². The van der Waals surface area contributed by atoms with Gasteiger partial charge in [-0.2, -0.15) is 0 Å². The highest BCUT2D eigenvalue weighted by molar-refractivity contribution is 5.83. The third-order valence-electron chi connectivity index (χ3n) is 3.46. The quantitative estimate of drug-likeness (QED) is 0.610. The number of hydrogen-bond acceptors (Lipinski definition) is 0. The zero-order chi connectivity index (χ0) is 13.9. The van der Waals surface area contributed by atoms with E-state index in [-0.39, 0.29) is 12.2 Å². The molecule has 3 aromatic carbocycles. The van der Waals surface area contributed by atoms with Crippen molar-refractivity contribution >= 4 is 10.8 Å². The molecule has 0 saturated carbocycles. The van der Waals surface area contributed by atoms with Crippen LogP contribution in [0.5, 0.6) is 0 Å². The van der Waals surface area contributed by atoms with E-state index in [4.69, 9.17) is 0 Å². The molecule has 0 nitrogen and oxygen atoms in total. The molecule has 0 aromatic heterocycles. The largest absolute Gasteiger partial charge is 0.242 e. The normalized spacial score (nSPS) is 12.5. The fraction of sp³-hybridized carbons (Fsp3) is 0.111. The third kappa shape index (κ3) is 2.69. The molecular formula is C18H14F2. The molecule has 0 aliphatic rings. The maximum atomic E-state index is 14.4. The summed E-state index contributed by atoms with van der Waals surface area (Å²) >= 11 is 0. The summed E-state index contributed by atoms with van der Waals surface area (Å²) in [6.07, 6.45) is -0.816. The van der Waals surface area contributed by atoms with E-state index < -0.39 is 6.17 Å². The first-order chi connectivity index (χ1) is 9.72. The van der Waals surface area contributed by atoms with E-state index in [0.29, 0.717) is 5.56 Å². The Kier molecular flexibility index (Phi) is 3.46. The highest BCUT2D eigenvalue weighted by Crippen LogP contribution is 2.26. The molecule has 20 heavy (non-hydrogen) atoms. The Morgan fingerprint density at radius 1 is 0.800 bits per heavy atom. The van der Waals surface area contributed by atoms with Gasteiger partial charge in [0.2, 0.25) is 0 Å². The van der Waals surface area contributed by atoms with Gasteiger partial charge in [0.25, 0.3) is 0 Å². The highest BCUT2D eigenvalue weighted by Gasteiger charge is 2.11. The molecule has 2 heteroatoms. The second kappa shape index (κ2) is 5.41. The molecule has 1 unspecified atom stereocenters. The van der Waals surface area contributed by atoms with Crippen LogP contribution in [0.3, 0.4) is 0 Å². The lowest BCUT2D eigenvalue weighted by molar-refractivity contribution is 0.342. The van der Waals surface area contributed by atoms with Gasteiger partial charge in [0.05, 0.1) is 0 Å². The molecule has 0 N–H and O–H groups in total. The second-order valence-corrected chi connectivity index (χ2v) is 4.90. The van der Waals surface area contributed by atoms with E-state index in [2.05, 4.69) is 0 Å². The van der Waals surface area contributed by atoms with Gasteiger partial charge in [-0.05, 0) is 40.1 Å². The van der Waals surface area contributed by atoms with Gasteiger partial charge in [0.1, 0.15) is 12.0 Å². The second-order valence-electron chi connectivity index (χ2n) is 4.90.